The number of carbonyl (C=O) groups is 1. The van der Waals surface area contributed by atoms with E-state index in [-0.39, 0.29) is 5.91 Å². The number of aromatic nitrogens is 2. The molecule has 6 heteroatoms. The molecule has 0 saturated heterocycles. The number of para-hydroxylation sites is 1. The molecule has 23 heavy (non-hydrogen) atoms. The molecule has 1 amide bonds. The van der Waals surface area contributed by atoms with Crippen LogP contribution in [0.5, 0.6) is 5.75 Å². The predicted molar refractivity (Wildman–Crippen MR) is 87.9 cm³/mol. The van der Waals surface area contributed by atoms with Gasteiger partial charge in [-0.25, -0.2) is 5.43 Å². The third-order valence-corrected chi connectivity index (χ3v) is 3.86. The van der Waals surface area contributed by atoms with Gasteiger partial charge in [0.25, 0.3) is 5.91 Å². The van der Waals surface area contributed by atoms with Crippen molar-refractivity contribution in [2.24, 2.45) is 5.10 Å². The van der Waals surface area contributed by atoms with Crippen LogP contribution in [0.2, 0.25) is 0 Å². The largest absolute Gasteiger partial charge is 0.493 e. The van der Waals surface area contributed by atoms with Gasteiger partial charge in [0.1, 0.15) is 5.75 Å². The number of H-pyrrole nitrogens is 1. The Labute approximate surface area is 134 Å². The molecule has 1 aromatic heterocycles. The van der Waals surface area contributed by atoms with E-state index in [1.165, 1.54) is 0 Å². The summed E-state index contributed by atoms with van der Waals surface area (Å²) < 4.78 is 5.52. The Morgan fingerprint density at radius 2 is 2.22 bits per heavy atom. The second kappa shape index (κ2) is 7.09. The maximum absolute atomic E-state index is 12.2. The highest BCUT2D eigenvalue weighted by Gasteiger charge is 2.21. The van der Waals surface area contributed by atoms with Crippen LogP contribution in [-0.4, -0.2) is 28.9 Å². The molecular weight excluding hydrogens is 292 g/mol. The molecule has 3 rings (SSSR count). The molecule has 0 bridgehead atoms. The van der Waals surface area contributed by atoms with Gasteiger partial charge in [-0.1, -0.05) is 12.1 Å². The second-order valence-electron chi connectivity index (χ2n) is 5.41. The molecule has 6 nitrogen and oxygen atoms in total. The molecule has 2 N–H and O–H groups in total. The van der Waals surface area contributed by atoms with Crippen molar-refractivity contribution in [3.05, 3.63) is 46.8 Å². The maximum atomic E-state index is 12.2. The summed E-state index contributed by atoms with van der Waals surface area (Å²) in [5.41, 5.74) is 5.92. The zero-order chi connectivity index (χ0) is 16.1. The first-order chi connectivity index (χ1) is 11.3. The standard InChI is InChI=1S/C17H20N4O2/c1-2-23-15-10-6-3-7-12(15)11-18-21-17(22)16-13-8-4-5-9-14(13)19-20-16/h3,6-7,10-11H,2,4-5,8-9H2,1H3,(H,19,20)(H,21,22). The number of benzene rings is 1. The number of fused-ring (bicyclic) bond motifs is 1. The topological polar surface area (TPSA) is 79.4 Å². The van der Waals surface area contributed by atoms with E-state index in [0.29, 0.717) is 12.3 Å². The van der Waals surface area contributed by atoms with E-state index in [1.54, 1.807) is 6.21 Å². The molecular formula is C17H20N4O2. The van der Waals surface area contributed by atoms with Crippen LogP contribution in [0, 0.1) is 0 Å². The Morgan fingerprint density at radius 3 is 3.09 bits per heavy atom. The van der Waals surface area contributed by atoms with Crippen LogP contribution in [0.25, 0.3) is 0 Å². The smallest absolute Gasteiger partial charge is 0.292 e. The van der Waals surface area contributed by atoms with Crippen molar-refractivity contribution in [1.82, 2.24) is 15.6 Å². The average Bonchev–Trinajstić information content (AvgIpc) is 3.01. The van der Waals surface area contributed by atoms with Crippen LogP contribution in [0.3, 0.4) is 0 Å². The van der Waals surface area contributed by atoms with Crippen molar-refractivity contribution in [1.29, 1.82) is 0 Å². The molecule has 0 fully saturated rings. The van der Waals surface area contributed by atoms with Crippen LogP contribution in [-0.2, 0) is 12.8 Å². The minimum absolute atomic E-state index is 0.283. The number of ether oxygens (including phenoxy) is 1. The van der Waals surface area contributed by atoms with Crippen LogP contribution in [0.15, 0.2) is 29.4 Å². The van der Waals surface area contributed by atoms with Crippen LogP contribution < -0.4 is 10.2 Å². The molecule has 0 saturated carbocycles. The molecule has 1 heterocycles. The number of hydrogen-bond acceptors (Lipinski definition) is 4. The van der Waals surface area contributed by atoms with Gasteiger partial charge in [-0.15, -0.1) is 0 Å². The van der Waals surface area contributed by atoms with E-state index >= 15 is 0 Å². The molecule has 2 aromatic rings. The first-order valence-corrected chi connectivity index (χ1v) is 7.91. The van der Waals surface area contributed by atoms with E-state index in [2.05, 4.69) is 20.7 Å². The number of aromatic amines is 1. The third-order valence-electron chi connectivity index (χ3n) is 3.86. The van der Waals surface area contributed by atoms with Crippen LogP contribution >= 0.6 is 0 Å². The van der Waals surface area contributed by atoms with Crippen molar-refractivity contribution in [2.75, 3.05) is 6.61 Å². The lowest BCUT2D eigenvalue weighted by Gasteiger charge is -2.10. The summed E-state index contributed by atoms with van der Waals surface area (Å²) >= 11 is 0. The fourth-order valence-electron chi connectivity index (χ4n) is 2.76. The summed E-state index contributed by atoms with van der Waals surface area (Å²) in [6.45, 7) is 2.51. The van der Waals surface area contributed by atoms with Crippen molar-refractivity contribution >= 4 is 12.1 Å². The van der Waals surface area contributed by atoms with Gasteiger partial charge in [0.2, 0.25) is 0 Å². The van der Waals surface area contributed by atoms with Gasteiger partial charge in [-0.3, -0.25) is 9.89 Å². The van der Waals surface area contributed by atoms with E-state index in [0.717, 1.165) is 48.3 Å². The number of nitrogens with zero attached hydrogens (tertiary/aromatic N) is 2. The highest BCUT2D eigenvalue weighted by molar-refractivity contribution is 5.95. The van der Waals surface area contributed by atoms with Crippen LogP contribution in [0.4, 0.5) is 0 Å². The van der Waals surface area contributed by atoms with E-state index in [9.17, 15) is 4.79 Å². The first-order valence-electron chi connectivity index (χ1n) is 7.91. The van der Waals surface area contributed by atoms with Crippen molar-refractivity contribution in [2.45, 2.75) is 32.6 Å². The van der Waals surface area contributed by atoms with E-state index in [1.807, 2.05) is 31.2 Å². The third kappa shape index (κ3) is 3.41. The second-order valence-corrected chi connectivity index (χ2v) is 5.41. The van der Waals surface area contributed by atoms with Crippen LogP contribution in [0.1, 0.15) is 47.1 Å². The maximum Gasteiger partial charge on any atom is 0.292 e. The average molecular weight is 312 g/mol. The monoisotopic (exact) mass is 312 g/mol. The Morgan fingerprint density at radius 1 is 1.39 bits per heavy atom. The molecule has 0 unspecified atom stereocenters. The Hall–Kier alpha value is -2.63. The van der Waals surface area contributed by atoms with Gasteiger partial charge in [0.05, 0.1) is 12.8 Å². The van der Waals surface area contributed by atoms with Gasteiger partial charge in [-0.2, -0.15) is 10.2 Å². The first kappa shape index (κ1) is 15.3. The highest BCUT2D eigenvalue weighted by Crippen LogP contribution is 2.22. The molecule has 1 aliphatic carbocycles. The van der Waals surface area contributed by atoms with Crippen molar-refractivity contribution in [3.8, 4) is 5.75 Å². The predicted octanol–water partition coefficient (Wildman–Crippen LogP) is 2.45. The molecule has 0 aliphatic heterocycles. The summed E-state index contributed by atoms with van der Waals surface area (Å²) in [4.78, 5) is 12.2. The van der Waals surface area contributed by atoms with Crippen molar-refractivity contribution < 1.29 is 9.53 Å². The van der Waals surface area contributed by atoms with Gasteiger partial charge in [0, 0.05) is 16.8 Å². The molecule has 0 radical (unpaired) electrons. The van der Waals surface area contributed by atoms with Crippen molar-refractivity contribution in [3.63, 3.8) is 0 Å². The Kier molecular flexibility index (Phi) is 4.71. The highest BCUT2D eigenvalue weighted by atomic mass is 16.5. The fourth-order valence-corrected chi connectivity index (χ4v) is 2.76. The number of hydrogen-bond donors (Lipinski definition) is 2. The lowest BCUT2D eigenvalue weighted by molar-refractivity contribution is 0.0949. The quantitative estimate of drug-likeness (QED) is 0.657. The normalized spacial score (nSPS) is 13.8. The number of nitrogens with one attached hydrogen (secondary N) is 2. The Bertz CT molecular complexity index is 721. The van der Waals surface area contributed by atoms with Gasteiger partial charge in [-0.05, 0) is 44.7 Å². The number of amides is 1. The Balaban J connectivity index is 1.68. The summed E-state index contributed by atoms with van der Waals surface area (Å²) in [5.74, 6) is 0.458. The molecule has 120 valence electrons. The fraction of sp³-hybridized carbons (Fsp3) is 0.353. The summed E-state index contributed by atoms with van der Waals surface area (Å²) in [5, 5.41) is 11.1. The lowest BCUT2D eigenvalue weighted by atomic mass is 9.96. The summed E-state index contributed by atoms with van der Waals surface area (Å²) in [6.07, 6.45) is 5.68. The molecule has 0 atom stereocenters. The minimum atomic E-state index is -0.283. The summed E-state index contributed by atoms with van der Waals surface area (Å²) in [7, 11) is 0. The zero-order valence-electron chi connectivity index (χ0n) is 13.1. The number of rotatable bonds is 5. The van der Waals surface area contributed by atoms with Gasteiger partial charge >= 0.3 is 0 Å². The lowest BCUT2D eigenvalue weighted by Crippen LogP contribution is -2.20. The number of aryl methyl sites for hydroxylation is 1. The summed E-state index contributed by atoms with van der Waals surface area (Å²) in [6, 6.07) is 7.56. The van der Waals surface area contributed by atoms with Gasteiger partial charge in [0.15, 0.2) is 5.69 Å². The SMILES string of the molecule is CCOc1ccccc1C=NNC(=O)c1n[nH]c2c1CCCC2. The van der Waals surface area contributed by atoms with E-state index < -0.39 is 0 Å². The minimum Gasteiger partial charge on any atom is -0.493 e. The molecule has 1 aromatic carbocycles. The molecule has 0 spiro atoms. The van der Waals surface area contributed by atoms with Gasteiger partial charge < -0.3 is 4.74 Å². The van der Waals surface area contributed by atoms with E-state index in [4.69, 9.17) is 4.74 Å². The zero-order valence-corrected chi connectivity index (χ0v) is 13.1. The molecule has 1 aliphatic rings. The number of hydrazone groups is 1. The number of carbonyl (C=O) groups excluding carboxylic acids is 1.